The Balaban J connectivity index is 2.06. The second-order valence-electron chi connectivity index (χ2n) is 4.78. The van der Waals surface area contributed by atoms with Gasteiger partial charge < -0.3 is 4.74 Å². The van der Waals surface area contributed by atoms with Crippen LogP contribution in [0.4, 0.5) is 0 Å². The highest BCUT2D eigenvalue weighted by atomic mass is 35.5. The van der Waals surface area contributed by atoms with Gasteiger partial charge in [0.05, 0.1) is 12.5 Å². The van der Waals surface area contributed by atoms with Crippen molar-refractivity contribution in [3.05, 3.63) is 64.5 Å². The van der Waals surface area contributed by atoms with Crippen LogP contribution in [0.25, 0.3) is 10.1 Å². The molecular weight excluding hydrogens is 288 g/mol. The molecule has 3 aromatic rings. The summed E-state index contributed by atoms with van der Waals surface area (Å²) in [7, 11) is 1.69. The van der Waals surface area contributed by atoms with E-state index in [2.05, 4.69) is 41.8 Å². The summed E-state index contributed by atoms with van der Waals surface area (Å²) in [5, 5.41) is 3.23. The van der Waals surface area contributed by atoms with Crippen molar-refractivity contribution < 1.29 is 4.74 Å². The molecule has 0 spiro atoms. The van der Waals surface area contributed by atoms with Gasteiger partial charge in [0.1, 0.15) is 5.75 Å². The number of hydrogen-bond acceptors (Lipinski definition) is 2. The van der Waals surface area contributed by atoms with E-state index in [4.69, 9.17) is 16.3 Å². The monoisotopic (exact) mass is 302 g/mol. The van der Waals surface area contributed by atoms with Crippen molar-refractivity contribution in [1.82, 2.24) is 0 Å². The van der Waals surface area contributed by atoms with Crippen molar-refractivity contribution in [3.63, 3.8) is 0 Å². The molecule has 0 aliphatic carbocycles. The minimum Gasteiger partial charge on any atom is -0.496 e. The van der Waals surface area contributed by atoms with Crippen LogP contribution in [0.3, 0.4) is 0 Å². The smallest absolute Gasteiger partial charge is 0.122 e. The van der Waals surface area contributed by atoms with Crippen LogP contribution in [0.2, 0.25) is 0 Å². The van der Waals surface area contributed by atoms with E-state index < -0.39 is 0 Å². The van der Waals surface area contributed by atoms with Gasteiger partial charge in [-0.05, 0) is 46.5 Å². The van der Waals surface area contributed by atoms with E-state index in [-0.39, 0.29) is 5.38 Å². The number of thiophene rings is 1. The van der Waals surface area contributed by atoms with Crippen LogP contribution >= 0.6 is 22.9 Å². The van der Waals surface area contributed by atoms with Crippen molar-refractivity contribution in [2.24, 2.45) is 0 Å². The Kier molecular flexibility index (Phi) is 3.68. The van der Waals surface area contributed by atoms with E-state index in [0.29, 0.717) is 0 Å². The molecule has 0 aliphatic rings. The molecule has 0 saturated carbocycles. The molecule has 0 aliphatic heterocycles. The third kappa shape index (κ3) is 2.30. The number of halogens is 1. The van der Waals surface area contributed by atoms with Gasteiger partial charge in [0.25, 0.3) is 0 Å². The Morgan fingerprint density at radius 3 is 2.75 bits per heavy atom. The molecule has 0 saturated heterocycles. The Morgan fingerprint density at radius 2 is 1.95 bits per heavy atom. The Morgan fingerprint density at radius 1 is 1.15 bits per heavy atom. The predicted molar refractivity (Wildman–Crippen MR) is 87.3 cm³/mol. The lowest BCUT2D eigenvalue weighted by Gasteiger charge is -2.12. The fourth-order valence-corrected chi connectivity index (χ4v) is 3.75. The first-order valence-corrected chi connectivity index (χ1v) is 7.77. The highest BCUT2D eigenvalue weighted by molar-refractivity contribution is 7.17. The number of aryl methyl sites for hydroxylation is 1. The van der Waals surface area contributed by atoms with Crippen molar-refractivity contribution in [3.8, 4) is 5.75 Å². The Labute approximate surface area is 127 Å². The van der Waals surface area contributed by atoms with Crippen LogP contribution in [0.1, 0.15) is 22.1 Å². The van der Waals surface area contributed by atoms with Gasteiger partial charge >= 0.3 is 0 Å². The van der Waals surface area contributed by atoms with Crippen LogP contribution in [0.15, 0.2) is 47.8 Å². The second kappa shape index (κ2) is 5.47. The first-order chi connectivity index (χ1) is 9.70. The summed E-state index contributed by atoms with van der Waals surface area (Å²) in [6.07, 6.45) is 0. The van der Waals surface area contributed by atoms with Gasteiger partial charge in [-0.2, -0.15) is 0 Å². The molecular formula is C17H15ClOS. The molecule has 3 rings (SSSR count). The van der Waals surface area contributed by atoms with Gasteiger partial charge in [0.15, 0.2) is 0 Å². The van der Waals surface area contributed by atoms with Gasteiger partial charge in [-0.3, -0.25) is 0 Å². The van der Waals surface area contributed by atoms with Gasteiger partial charge in [-0.15, -0.1) is 22.9 Å². The number of alkyl halides is 1. The Bertz CT molecular complexity index is 748. The van der Waals surface area contributed by atoms with Gasteiger partial charge in [-0.25, -0.2) is 0 Å². The van der Waals surface area contributed by atoms with Gasteiger partial charge in [0.2, 0.25) is 0 Å². The van der Waals surface area contributed by atoms with Gasteiger partial charge in [0, 0.05) is 4.70 Å². The summed E-state index contributed by atoms with van der Waals surface area (Å²) >= 11 is 8.42. The van der Waals surface area contributed by atoms with Crippen LogP contribution in [0, 0.1) is 6.92 Å². The standard InChI is InChI=1S/C17H15ClOS/c1-11-7-8-12(9-15(11)19-2)17(18)14-10-20-16-6-4-3-5-13(14)16/h3-10,17H,1-2H3. The normalized spacial score (nSPS) is 12.6. The maximum absolute atomic E-state index is 6.68. The van der Waals surface area contributed by atoms with Crippen molar-refractivity contribution in [1.29, 1.82) is 0 Å². The number of methoxy groups -OCH3 is 1. The molecule has 102 valence electrons. The molecule has 1 atom stereocenters. The van der Waals surface area contributed by atoms with Crippen LogP contribution in [0.5, 0.6) is 5.75 Å². The average Bonchev–Trinajstić information content (AvgIpc) is 2.91. The fraction of sp³-hybridized carbons (Fsp3) is 0.176. The molecule has 1 aromatic heterocycles. The highest BCUT2D eigenvalue weighted by Crippen LogP contribution is 2.38. The molecule has 1 heterocycles. The SMILES string of the molecule is COc1cc(C(Cl)c2csc3ccccc23)ccc1C. The fourth-order valence-electron chi connectivity index (χ4n) is 2.37. The number of ether oxygens (including phenoxy) is 1. The zero-order chi connectivity index (χ0) is 14.1. The summed E-state index contributed by atoms with van der Waals surface area (Å²) in [6.45, 7) is 2.03. The third-order valence-electron chi connectivity index (χ3n) is 3.51. The third-order valence-corrected chi connectivity index (χ3v) is 4.98. The number of hydrogen-bond donors (Lipinski definition) is 0. The summed E-state index contributed by atoms with van der Waals surface area (Å²) in [6, 6.07) is 14.5. The molecule has 1 unspecified atom stereocenters. The van der Waals surface area contributed by atoms with E-state index in [1.807, 2.05) is 13.0 Å². The number of benzene rings is 2. The van der Waals surface area contributed by atoms with E-state index in [9.17, 15) is 0 Å². The van der Waals surface area contributed by atoms with E-state index >= 15 is 0 Å². The lowest BCUT2D eigenvalue weighted by molar-refractivity contribution is 0.411. The zero-order valence-corrected chi connectivity index (χ0v) is 13.0. The lowest BCUT2D eigenvalue weighted by atomic mass is 10.0. The topological polar surface area (TPSA) is 9.23 Å². The second-order valence-corrected chi connectivity index (χ2v) is 6.13. The molecule has 3 heteroatoms. The minimum atomic E-state index is -0.152. The Hall–Kier alpha value is -1.51. The zero-order valence-electron chi connectivity index (χ0n) is 11.4. The summed E-state index contributed by atoms with van der Waals surface area (Å²) in [4.78, 5) is 0. The van der Waals surface area contributed by atoms with Crippen LogP contribution in [-0.2, 0) is 0 Å². The summed E-state index contributed by atoms with van der Waals surface area (Å²) in [5.41, 5.74) is 3.35. The quantitative estimate of drug-likeness (QED) is 0.577. The largest absolute Gasteiger partial charge is 0.496 e. The van der Waals surface area contributed by atoms with Crippen LogP contribution in [-0.4, -0.2) is 7.11 Å². The predicted octanol–water partition coefficient (Wildman–Crippen LogP) is 5.55. The average molecular weight is 303 g/mol. The van der Waals surface area contributed by atoms with Crippen LogP contribution < -0.4 is 4.74 Å². The molecule has 1 nitrogen and oxygen atoms in total. The highest BCUT2D eigenvalue weighted by Gasteiger charge is 2.16. The van der Waals surface area contributed by atoms with Gasteiger partial charge in [-0.1, -0.05) is 30.3 Å². The van der Waals surface area contributed by atoms with Crippen molar-refractivity contribution in [2.75, 3.05) is 7.11 Å². The summed E-state index contributed by atoms with van der Waals surface area (Å²) in [5.74, 6) is 0.882. The lowest BCUT2D eigenvalue weighted by Crippen LogP contribution is -1.95. The molecule has 2 aromatic carbocycles. The molecule has 0 radical (unpaired) electrons. The van der Waals surface area contributed by atoms with Crippen molar-refractivity contribution >= 4 is 33.0 Å². The molecule has 0 N–H and O–H groups in total. The first kappa shape index (κ1) is 13.5. The van der Waals surface area contributed by atoms with E-state index in [1.165, 1.54) is 10.1 Å². The van der Waals surface area contributed by atoms with E-state index in [0.717, 1.165) is 22.4 Å². The maximum Gasteiger partial charge on any atom is 0.122 e. The number of rotatable bonds is 3. The number of fused-ring (bicyclic) bond motifs is 1. The molecule has 0 bridgehead atoms. The maximum atomic E-state index is 6.68. The first-order valence-electron chi connectivity index (χ1n) is 6.45. The van der Waals surface area contributed by atoms with E-state index in [1.54, 1.807) is 18.4 Å². The molecule has 0 amide bonds. The molecule has 0 fully saturated rings. The summed E-state index contributed by atoms with van der Waals surface area (Å²) < 4.78 is 6.66. The van der Waals surface area contributed by atoms with Crippen molar-refractivity contribution in [2.45, 2.75) is 12.3 Å². The molecule has 20 heavy (non-hydrogen) atoms. The minimum absolute atomic E-state index is 0.152.